The van der Waals surface area contributed by atoms with Crippen molar-refractivity contribution in [3.05, 3.63) is 57.6 Å². The van der Waals surface area contributed by atoms with E-state index in [1.807, 2.05) is 6.92 Å². The van der Waals surface area contributed by atoms with Gasteiger partial charge in [-0.05, 0) is 40.8 Å². The van der Waals surface area contributed by atoms with Crippen LogP contribution in [0.2, 0.25) is 0 Å². The zero-order valence-corrected chi connectivity index (χ0v) is 13.7. The highest BCUT2D eigenvalue weighted by Gasteiger charge is 2.37. The molecule has 22 heavy (non-hydrogen) atoms. The summed E-state index contributed by atoms with van der Waals surface area (Å²) in [7, 11) is 0. The van der Waals surface area contributed by atoms with Crippen molar-refractivity contribution in [1.29, 1.82) is 0 Å². The third-order valence-corrected chi connectivity index (χ3v) is 4.77. The highest BCUT2D eigenvalue weighted by Crippen LogP contribution is 2.49. The Hall–Kier alpha value is -2.19. The van der Waals surface area contributed by atoms with Crippen molar-refractivity contribution in [2.75, 3.05) is 0 Å². The third-order valence-electron chi connectivity index (χ3n) is 4.77. The molecule has 0 saturated carbocycles. The van der Waals surface area contributed by atoms with Gasteiger partial charge in [0.1, 0.15) is 0 Å². The molecule has 0 saturated heterocycles. The molecule has 0 bridgehead atoms. The van der Waals surface area contributed by atoms with E-state index in [1.165, 1.54) is 27.9 Å². The lowest BCUT2D eigenvalue weighted by Crippen LogP contribution is -2.14. The van der Waals surface area contributed by atoms with Gasteiger partial charge in [0.15, 0.2) is 0 Å². The van der Waals surface area contributed by atoms with Gasteiger partial charge >= 0.3 is 0 Å². The molecule has 0 aliphatic heterocycles. The molecule has 0 spiro atoms. The summed E-state index contributed by atoms with van der Waals surface area (Å²) in [6, 6.07) is 8.99. The van der Waals surface area contributed by atoms with Gasteiger partial charge < -0.3 is 4.57 Å². The van der Waals surface area contributed by atoms with Crippen LogP contribution in [0, 0.1) is 0 Å². The Kier molecular flexibility index (Phi) is 3.50. The summed E-state index contributed by atoms with van der Waals surface area (Å²) < 4.78 is 2.24. The molecule has 1 aromatic carbocycles. The van der Waals surface area contributed by atoms with Gasteiger partial charge in [-0.25, -0.2) is 0 Å². The van der Waals surface area contributed by atoms with E-state index in [0.717, 1.165) is 6.42 Å². The van der Waals surface area contributed by atoms with E-state index >= 15 is 0 Å². The SMILES string of the molecule is CCc1ccc2c(c1)-c1c(ccn1C[C@H](C)N=[N+]=[N-])C2(C)C. The molecule has 4 heteroatoms. The minimum absolute atomic E-state index is 0.0317. The number of aryl methyl sites for hydroxylation is 1. The fourth-order valence-corrected chi connectivity index (χ4v) is 3.54. The number of hydrogen-bond donors (Lipinski definition) is 0. The van der Waals surface area contributed by atoms with Gasteiger partial charge in [0.05, 0.1) is 11.7 Å². The summed E-state index contributed by atoms with van der Waals surface area (Å²) in [4.78, 5) is 2.92. The van der Waals surface area contributed by atoms with Gasteiger partial charge in [0.2, 0.25) is 0 Å². The normalized spacial score (nSPS) is 15.8. The van der Waals surface area contributed by atoms with E-state index in [0.29, 0.717) is 6.54 Å². The molecule has 0 unspecified atom stereocenters. The molecule has 0 amide bonds. The molecule has 0 radical (unpaired) electrons. The van der Waals surface area contributed by atoms with Gasteiger partial charge in [0, 0.05) is 28.6 Å². The maximum Gasteiger partial charge on any atom is 0.0525 e. The van der Waals surface area contributed by atoms with Crippen LogP contribution in [0.15, 0.2) is 35.6 Å². The van der Waals surface area contributed by atoms with E-state index in [9.17, 15) is 0 Å². The zero-order chi connectivity index (χ0) is 15.9. The molecular formula is C18H22N4. The van der Waals surface area contributed by atoms with Crippen molar-refractivity contribution in [2.45, 2.75) is 52.1 Å². The molecule has 2 aromatic rings. The topological polar surface area (TPSA) is 53.7 Å². The third kappa shape index (κ3) is 2.11. The highest BCUT2D eigenvalue weighted by molar-refractivity contribution is 5.79. The van der Waals surface area contributed by atoms with Gasteiger partial charge in [-0.15, -0.1) is 0 Å². The standard InChI is InChI=1S/C18H22N4/c1-5-13-6-7-15-14(10-13)17-16(18(15,3)4)8-9-22(17)11-12(2)20-21-19/h6-10,12H,5,11H2,1-4H3/t12-/m0/s1. The van der Waals surface area contributed by atoms with Crippen molar-refractivity contribution in [3.8, 4) is 11.3 Å². The van der Waals surface area contributed by atoms with Gasteiger partial charge in [-0.3, -0.25) is 0 Å². The number of benzene rings is 1. The van der Waals surface area contributed by atoms with E-state index < -0.39 is 0 Å². The van der Waals surface area contributed by atoms with Crippen LogP contribution < -0.4 is 0 Å². The summed E-state index contributed by atoms with van der Waals surface area (Å²) in [5.41, 5.74) is 15.4. The fourth-order valence-electron chi connectivity index (χ4n) is 3.54. The summed E-state index contributed by atoms with van der Waals surface area (Å²) in [6.45, 7) is 9.42. The summed E-state index contributed by atoms with van der Waals surface area (Å²) in [5, 5.41) is 3.81. The average molecular weight is 294 g/mol. The van der Waals surface area contributed by atoms with Crippen LogP contribution in [0.4, 0.5) is 0 Å². The number of hydrogen-bond acceptors (Lipinski definition) is 1. The first kappa shape index (κ1) is 14.7. The fraction of sp³-hybridized carbons (Fsp3) is 0.444. The number of fused-ring (bicyclic) bond motifs is 3. The Bertz CT molecular complexity index is 763. The van der Waals surface area contributed by atoms with E-state index in [1.54, 1.807) is 0 Å². The van der Waals surface area contributed by atoms with Crippen molar-refractivity contribution >= 4 is 0 Å². The zero-order valence-electron chi connectivity index (χ0n) is 13.7. The molecule has 1 aliphatic carbocycles. The Balaban J connectivity index is 2.14. The molecule has 0 fully saturated rings. The first-order valence-corrected chi connectivity index (χ1v) is 7.86. The van der Waals surface area contributed by atoms with Gasteiger partial charge in [-0.1, -0.05) is 44.9 Å². The molecule has 4 nitrogen and oxygen atoms in total. The first-order chi connectivity index (χ1) is 10.5. The van der Waals surface area contributed by atoms with Crippen LogP contribution in [-0.2, 0) is 18.4 Å². The lowest BCUT2D eigenvalue weighted by Gasteiger charge is -2.20. The smallest absolute Gasteiger partial charge is 0.0525 e. The van der Waals surface area contributed by atoms with E-state index in [-0.39, 0.29) is 11.5 Å². The second-order valence-corrected chi connectivity index (χ2v) is 6.64. The minimum Gasteiger partial charge on any atom is -0.347 e. The summed E-state index contributed by atoms with van der Waals surface area (Å²) in [5.74, 6) is 0. The molecule has 1 aliphatic rings. The molecule has 1 heterocycles. The Morgan fingerprint density at radius 3 is 2.73 bits per heavy atom. The minimum atomic E-state index is -0.0528. The quantitative estimate of drug-likeness (QED) is 0.430. The lowest BCUT2D eigenvalue weighted by atomic mass is 9.83. The van der Waals surface area contributed by atoms with Crippen molar-refractivity contribution < 1.29 is 0 Å². The maximum atomic E-state index is 8.62. The van der Waals surface area contributed by atoms with Crippen LogP contribution in [0.3, 0.4) is 0 Å². The lowest BCUT2D eigenvalue weighted by molar-refractivity contribution is 0.592. The maximum absolute atomic E-state index is 8.62. The van der Waals surface area contributed by atoms with Gasteiger partial charge in [-0.2, -0.15) is 0 Å². The Morgan fingerprint density at radius 2 is 2.05 bits per heavy atom. The van der Waals surface area contributed by atoms with Crippen LogP contribution in [0.25, 0.3) is 21.7 Å². The number of azide groups is 1. The number of aromatic nitrogens is 1. The Morgan fingerprint density at radius 1 is 1.27 bits per heavy atom. The largest absolute Gasteiger partial charge is 0.347 e. The van der Waals surface area contributed by atoms with Crippen LogP contribution >= 0.6 is 0 Å². The van der Waals surface area contributed by atoms with E-state index in [4.69, 9.17) is 5.53 Å². The molecule has 114 valence electrons. The van der Waals surface area contributed by atoms with Crippen molar-refractivity contribution in [3.63, 3.8) is 0 Å². The molecular weight excluding hydrogens is 272 g/mol. The van der Waals surface area contributed by atoms with E-state index in [2.05, 4.69) is 65.8 Å². The van der Waals surface area contributed by atoms with Crippen LogP contribution in [-0.4, -0.2) is 10.6 Å². The van der Waals surface area contributed by atoms with Crippen molar-refractivity contribution in [1.82, 2.24) is 4.57 Å². The predicted molar refractivity (Wildman–Crippen MR) is 90.0 cm³/mol. The molecule has 1 aromatic heterocycles. The monoisotopic (exact) mass is 294 g/mol. The molecule has 3 rings (SSSR count). The second-order valence-electron chi connectivity index (χ2n) is 6.64. The number of nitrogens with zero attached hydrogens (tertiary/aromatic N) is 4. The Labute approximate surface area is 131 Å². The highest BCUT2D eigenvalue weighted by atomic mass is 15.2. The molecule has 1 atom stereocenters. The summed E-state index contributed by atoms with van der Waals surface area (Å²) >= 11 is 0. The van der Waals surface area contributed by atoms with Crippen LogP contribution in [0.1, 0.15) is 44.4 Å². The van der Waals surface area contributed by atoms with Gasteiger partial charge in [0.25, 0.3) is 0 Å². The second kappa shape index (κ2) is 5.22. The first-order valence-electron chi connectivity index (χ1n) is 7.86. The van der Waals surface area contributed by atoms with Crippen molar-refractivity contribution in [2.24, 2.45) is 5.11 Å². The molecule has 0 N–H and O–H groups in total. The average Bonchev–Trinajstić information content (AvgIpc) is 2.99. The summed E-state index contributed by atoms with van der Waals surface area (Å²) in [6.07, 6.45) is 3.16. The number of rotatable bonds is 4. The predicted octanol–water partition coefficient (Wildman–Crippen LogP) is 5.06. The van der Waals surface area contributed by atoms with Crippen LogP contribution in [0.5, 0.6) is 0 Å².